The third kappa shape index (κ3) is 3.87. The second-order valence-corrected chi connectivity index (χ2v) is 6.91. The van der Waals surface area contributed by atoms with Crippen molar-refractivity contribution in [2.45, 2.75) is 59.5 Å². The lowest BCUT2D eigenvalue weighted by molar-refractivity contribution is -0.137. The Morgan fingerprint density at radius 2 is 1.90 bits per heavy atom. The average Bonchev–Trinajstić information content (AvgIpc) is 2.83. The summed E-state index contributed by atoms with van der Waals surface area (Å²) in [4.78, 5) is 26.1. The molecule has 116 valence electrons. The lowest BCUT2D eigenvalue weighted by atomic mass is 9.85. The number of amides is 2. The van der Waals surface area contributed by atoms with E-state index in [1.165, 1.54) is 7.11 Å². The van der Waals surface area contributed by atoms with Gasteiger partial charge in [0.2, 0.25) is 5.91 Å². The molecule has 1 N–H and O–H groups in total. The van der Waals surface area contributed by atoms with Crippen LogP contribution in [0.1, 0.15) is 47.5 Å². The second-order valence-electron chi connectivity index (χ2n) is 6.91. The number of carbonyl (C=O) groups excluding carboxylic acids is 2. The van der Waals surface area contributed by atoms with Crippen LogP contribution in [0.2, 0.25) is 0 Å². The van der Waals surface area contributed by atoms with Gasteiger partial charge in [0.1, 0.15) is 6.04 Å². The molecule has 1 rings (SSSR count). The molecule has 0 bridgehead atoms. The molecule has 0 aliphatic carbocycles. The Morgan fingerprint density at radius 1 is 1.30 bits per heavy atom. The third-order valence-electron chi connectivity index (χ3n) is 3.93. The number of methoxy groups -OCH3 is 1. The standard InChI is InChI=1S/C15H28N2O3/c1-10(2)12(16-14(19)20-6)13(18)17-9-7-8-11(17)15(3,4)5/h10-12H,7-9H2,1-6H3,(H,16,19)/t11-,12+/m1/s1. The van der Waals surface area contributed by atoms with E-state index in [0.717, 1.165) is 19.4 Å². The van der Waals surface area contributed by atoms with Crippen molar-refractivity contribution in [2.75, 3.05) is 13.7 Å². The van der Waals surface area contributed by atoms with Gasteiger partial charge in [0.15, 0.2) is 0 Å². The highest BCUT2D eigenvalue weighted by atomic mass is 16.5. The molecule has 20 heavy (non-hydrogen) atoms. The number of alkyl carbamates (subject to hydrolysis) is 1. The van der Waals surface area contributed by atoms with Crippen LogP contribution in [0.25, 0.3) is 0 Å². The van der Waals surface area contributed by atoms with Crippen molar-refractivity contribution in [2.24, 2.45) is 11.3 Å². The van der Waals surface area contributed by atoms with Gasteiger partial charge >= 0.3 is 6.09 Å². The second kappa shape index (κ2) is 6.46. The van der Waals surface area contributed by atoms with E-state index in [0.29, 0.717) is 0 Å². The summed E-state index contributed by atoms with van der Waals surface area (Å²) >= 11 is 0. The Kier molecular flexibility index (Phi) is 5.42. The maximum Gasteiger partial charge on any atom is 0.407 e. The first kappa shape index (κ1) is 16.8. The molecule has 5 heteroatoms. The Morgan fingerprint density at radius 3 is 2.35 bits per heavy atom. The van der Waals surface area contributed by atoms with Gasteiger partial charge in [0.25, 0.3) is 0 Å². The Bertz CT molecular complexity index is 361. The van der Waals surface area contributed by atoms with Crippen molar-refractivity contribution in [3.05, 3.63) is 0 Å². The number of ether oxygens (including phenoxy) is 1. The van der Waals surface area contributed by atoms with E-state index < -0.39 is 12.1 Å². The molecule has 2 atom stereocenters. The summed E-state index contributed by atoms with van der Waals surface area (Å²) in [6, 6.07) is -0.291. The van der Waals surface area contributed by atoms with Crippen LogP contribution >= 0.6 is 0 Å². The number of rotatable bonds is 3. The molecule has 0 radical (unpaired) electrons. The number of nitrogens with zero attached hydrogens (tertiary/aromatic N) is 1. The van der Waals surface area contributed by atoms with Crippen LogP contribution in [0.3, 0.4) is 0 Å². The Hall–Kier alpha value is -1.26. The summed E-state index contributed by atoms with van der Waals surface area (Å²) in [6.45, 7) is 11.1. The van der Waals surface area contributed by atoms with Crippen LogP contribution < -0.4 is 5.32 Å². The molecule has 2 amide bonds. The fourth-order valence-corrected chi connectivity index (χ4v) is 2.81. The predicted molar refractivity (Wildman–Crippen MR) is 78.4 cm³/mol. The van der Waals surface area contributed by atoms with Crippen molar-refractivity contribution in [3.63, 3.8) is 0 Å². The molecule has 0 unspecified atom stereocenters. The predicted octanol–water partition coefficient (Wildman–Crippen LogP) is 2.40. The number of likely N-dealkylation sites (tertiary alicyclic amines) is 1. The van der Waals surface area contributed by atoms with Crippen LogP contribution in [0.5, 0.6) is 0 Å². The first-order chi connectivity index (χ1) is 9.18. The first-order valence-corrected chi connectivity index (χ1v) is 7.33. The number of hydrogen-bond acceptors (Lipinski definition) is 3. The lowest BCUT2D eigenvalue weighted by Crippen LogP contribution is -2.54. The summed E-state index contributed by atoms with van der Waals surface area (Å²) < 4.78 is 4.62. The van der Waals surface area contributed by atoms with Gasteiger partial charge in [-0.2, -0.15) is 0 Å². The van der Waals surface area contributed by atoms with Crippen molar-refractivity contribution in [3.8, 4) is 0 Å². The molecule has 1 fully saturated rings. The molecule has 1 aliphatic rings. The minimum atomic E-state index is -0.552. The van der Waals surface area contributed by atoms with Crippen molar-refractivity contribution < 1.29 is 14.3 Å². The molecule has 0 saturated carbocycles. The van der Waals surface area contributed by atoms with Gasteiger partial charge < -0.3 is 15.0 Å². The first-order valence-electron chi connectivity index (χ1n) is 7.33. The van der Waals surface area contributed by atoms with Crippen LogP contribution in [0.15, 0.2) is 0 Å². The van der Waals surface area contributed by atoms with Crippen molar-refractivity contribution in [1.29, 1.82) is 0 Å². The fraction of sp³-hybridized carbons (Fsp3) is 0.867. The summed E-state index contributed by atoms with van der Waals surface area (Å²) in [5, 5.41) is 2.66. The van der Waals surface area contributed by atoms with Crippen LogP contribution in [-0.4, -0.2) is 42.6 Å². The largest absolute Gasteiger partial charge is 0.453 e. The molecule has 1 aliphatic heterocycles. The molecule has 1 saturated heterocycles. The van der Waals surface area contributed by atoms with E-state index in [1.807, 2.05) is 18.7 Å². The quantitative estimate of drug-likeness (QED) is 0.865. The molecule has 0 aromatic rings. The summed E-state index contributed by atoms with van der Waals surface area (Å²) in [7, 11) is 1.31. The van der Waals surface area contributed by atoms with Gasteiger partial charge in [-0.1, -0.05) is 34.6 Å². The van der Waals surface area contributed by atoms with Gasteiger partial charge in [-0.15, -0.1) is 0 Å². The van der Waals surface area contributed by atoms with E-state index in [4.69, 9.17) is 0 Å². The highest BCUT2D eigenvalue weighted by molar-refractivity contribution is 5.86. The highest BCUT2D eigenvalue weighted by Crippen LogP contribution is 2.33. The van der Waals surface area contributed by atoms with Crippen molar-refractivity contribution >= 4 is 12.0 Å². The zero-order valence-corrected chi connectivity index (χ0v) is 13.5. The topological polar surface area (TPSA) is 58.6 Å². The Labute approximate surface area is 122 Å². The minimum absolute atomic E-state index is 0.00262. The smallest absolute Gasteiger partial charge is 0.407 e. The van der Waals surface area contributed by atoms with Gasteiger partial charge in [0, 0.05) is 12.6 Å². The van der Waals surface area contributed by atoms with E-state index in [-0.39, 0.29) is 23.3 Å². The average molecular weight is 284 g/mol. The number of carbonyl (C=O) groups is 2. The SMILES string of the molecule is COC(=O)N[C@H](C(=O)N1CCC[C@@H]1C(C)(C)C)C(C)C. The molecular formula is C15H28N2O3. The summed E-state index contributed by atoms with van der Waals surface area (Å²) in [6.07, 6.45) is 1.50. The molecule has 1 heterocycles. The van der Waals surface area contributed by atoms with Gasteiger partial charge in [-0.3, -0.25) is 4.79 Å². The van der Waals surface area contributed by atoms with Gasteiger partial charge in [0.05, 0.1) is 7.11 Å². The molecule has 0 aromatic carbocycles. The third-order valence-corrected chi connectivity index (χ3v) is 3.93. The highest BCUT2D eigenvalue weighted by Gasteiger charge is 2.40. The van der Waals surface area contributed by atoms with E-state index >= 15 is 0 Å². The van der Waals surface area contributed by atoms with Crippen LogP contribution in [0.4, 0.5) is 4.79 Å². The maximum absolute atomic E-state index is 12.8. The molecule has 0 spiro atoms. The van der Waals surface area contributed by atoms with Crippen LogP contribution in [-0.2, 0) is 9.53 Å². The Balaban J connectivity index is 2.86. The van der Waals surface area contributed by atoms with Crippen molar-refractivity contribution in [1.82, 2.24) is 10.2 Å². The maximum atomic E-state index is 12.8. The monoisotopic (exact) mass is 284 g/mol. The number of nitrogens with one attached hydrogen (secondary N) is 1. The van der Waals surface area contributed by atoms with Crippen LogP contribution in [0, 0.1) is 11.3 Å². The molecular weight excluding hydrogens is 256 g/mol. The van der Waals surface area contributed by atoms with Gasteiger partial charge in [-0.25, -0.2) is 4.79 Å². The molecule has 5 nitrogen and oxygen atoms in total. The van der Waals surface area contributed by atoms with E-state index in [1.54, 1.807) is 0 Å². The van der Waals surface area contributed by atoms with E-state index in [9.17, 15) is 9.59 Å². The fourth-order valence-electron chi connectivity index (χ4n) is 2.81. The molecule has 0 aromatic heterocycles. The summed E-state index contributed by atoms with van der Waals surface area (Å²) in [5.41, 5.74) is 0.0545. The minimum Gasteiger partial charge on any atom is -0.453 e. The lowest BCUT2D eigenvalue weighted by Gasteiger charge is -2.37. The normalized spacial score (nSPS) is 20.9. The number of hydrogen-bond donors (Lipinski definition) is 1. The zero-order chi connectivity index (χ0) is 15.5. The zero-order valence-electron chi connectivity index (χ0n) is 13.5. The van der Waals surface area contributed by atoms with Gasteiger partial charge in [-0.05, 0) is 24.2 Å². The van der Waals surface area contributed by atoms with E-state index in [2.05, 4.69) is 30.8 Å². The summed E-state index contributed by atoms with van der Waals surface area (Å²) in [5.74, 6) is 0.0330.